The maximum atomic E-state index is 4.97. The normalized spacial score (nSPS) is 11.8. The molecule has 12 heteroatoms. The van der Waals surface area contributed by atoms with Gasteiger partial charge in [0.1, 0.15) is 0 Å². The molecule has 4 aromatic carbocycles. The van der Waals surface area contributed by atoms with Crippen molar-refractivity contribution >= 4 is 44.2 Å². The van der Waals surface area contributed by atoms with E-state index >= 15 is 0 Å². The molecule has 0 fully saturated rings. The molecular formula is C40H28N10S2. The van der Waals surface area contributed by atoms with Gasteiger partial charge >= 0.3 is 0 Å². The zero-order valence-corrected chi connectivity index (χ0v) is 29.6. The van der Waals surface area contributed by atoms with E-state index in [1.807, 2.05) is 45.4 Å². The summed E-state index contributed by atoms with van der Waals surface area (Å²) < 4.78 is 7.86. The van der Waals surface area contributed by atoms with Crippen LogP contribution in [0.4, 0.5) is 0 Å². The van der Waals surface area contributed by atoms with Crippen LogP contribution < -0.4 is 0 Å². The first-order valence-electron chi connectivity index (χ1n) is 16.7. The van der Waals surface area contributed by atoms with Crippen molar-refractivity contribution in [2.45, 2.75) is 24.2 Å². The number of aryl methyl sites for hydroxylation is 2. The van der Waals surface area contributed by atoms with Crippen LogP contribution in [-0.2, 0) is 0 Å². The first-order valence-corrected chi connectivity index (χ1v) is 18.9. The molecule has 0 unspecified atom stereocenters. The number of nitrogens with zero attached hydrogens (tertiary/aromatic N) is 10. The SMILES string of the molecule is Cc1ccc(-c2cc3cc(-c4ccccc4)nn3c3nnc(SSc4nnc5n4c(-c4ccc(C)cc4)cc4cc(-c6ccccc6)nn45)n23)cc1. The van der Waals surface area contributed by atoms with E-state index in [-0.39, 0.29) is 0 Å². The third kappa shape index (κ3) is 5.14. The van der Waals surface area contributed by atoms with Gasteiger partial charge in [0.15, 0.2) is 0 Å². The van der Waals surface area contributed by atoms with Crippen molar-refractivity contribution in [2.75, 3.05) is 0 Å². The molecule has 0 bridgehead atoms. The molecular weight excluding hydrogens is 685 g/mol. The fraction of sp³-hybridized carbons (Fsp3) is 0.0500. The van der Waals surface area contributed by atoms with Crippen molar-refractivity contribution in [3.05, 3.63) is 145 Å². The molecule has 0 spiro atoms. The molecule has 0 saturated heterocycles. The Kier molecular flexibility index (Phi) is 7.18. The smallest absolute Gasteiger partial charge is 0.253 e. The van der Waals surface area contributed by atoms with Crippen LogP contribution in [0.25, 0.3) is 67.6 Å². The van der Waals surface area contributed by atoms with E-state index in [2.05, 4.69) is 130 Å². The lowest BCUT2D eigenvalue weighted by molar-refractivity contribution is 0.905. The molecule has 10 aromatic rings. The molecule has 0 amide bonds. The quantitative estimate of drug-likeness (QED) is 0.151. The molecule has 0 aliphatic carbocycles. The average molecular weight is 713 g/mol. The summed E-state index contributed by atoms with van der Waals surface area (Å²) in [6.45, 7) is 4.19. The van der Waals surface area contributed by atoms with Crippen LogP contribution in [0.1, 0.15) is 11.1 Å². The summed E-state index contributed by atoms with van der Waals surface area (Å²) in [4.78, 5) is 0. The lowest BCUT2D eigenvalue weighted by Crippen LogP contribution is -2.02. The molecule has 6 aromatic heterocycles. The van der Waals surface area contributed by atoms with Crippen LogP contribution in [0.5, 0.6) is 0 Å². The summed E-state index contributed by atoms with van der Waals surface area (Å²) in [5, 5.41) is 30.1. The summed E-state index contributed by atoms with van der Waals surface area (Å²) in [6, 6.07) is 45.9. The van der Waals surface area contributed by atoms with Crippen LogP contribution in [0.2, 0.25) is 0 Å². The standard InChI is InChI=1S/C40H28N10S2/c1-25-13-17-29(18-14-25)35-23-31-21-33(27-9-5-3-6-10-27)45-49(31)37-41-43-39(47(35)37)51-52-40-44-42-38-48(40)36(30-19-15-26(2)16-20-30)24-32-22-34(46-50(32)38)28-11-7-4-8-12-28/h3-24H,1-2H3. The van der Waals surface area contributed by atoms with Crippen molar-refractivity contribution in [3.63, 3.8) is 0 Å². The third-order valence-electron chi connectivity index (χ3n) is 9.16. The maximum Gasteiger partial charge on any atom is 0.257 e. The topological polar surface area (TPSA) is 95.0 Å². The van der Waals surface area contributed by atoms with Gasteiger partial charge in [0, 0.05) is 11.1 Å². The van der Waals surface area contributed by atoms with Gasteiger partial charge in [0.2, 0.25) is 10.3 Å². The van der Waals surface area contributed by atoms with Crippen LogP contribution in [0, 0.1) is 13.8 Å². The Morgan fingerprint density at radius 3 is 1.23 bits per heavy atom. The number of hydrogen-bond donors (Lipinski definition) is 0. The summed E-state index contributed by atoms with van der Waals surface area (Å²) in [5.41, 5.74) is 12.1. The second-order valence-electron chi connectivity index (χ2n) is 12.7. The Morgan fingerprint density at radius 1 is 0.423 bits per heavy atom. The Balaban J connectivity index is 1.11. The Morgan fingerprint density at radius 2 is 0.827 bits per heavy atom. The highest BCUT2D eigenvalue weighted by Crippen LogP contribution is 2.40. The van der Waals surface area contributed by atoms with Gasteiger partial charge in [-0.15, -0.1) is 20.4 Å². The molecule has 10 nitrogen and oxygen atoms in total. The Hall–Kier alpha value is -6.24. The summed E-state index contributed by atoms with van der Waals surface area (Å²) >= 11 is 0. The third-order valence-corrected chi connectivity index (χ3v) is 11.2. The molecule has 0 atom stereocenters. The van der Waals surface area contributed by atoms with Crippen molar-refractivity contribution in [2.24, 2.45) is 0 Å². The van der Waals surface area contributed by atoms with Crippen LogP contribution in [0.15, 0.2) is 144 Å². The molecule has 0 aliphatic rings. The fourth-order valence-electron chi connectivity index (χ4n) is 6.50. The van der Waals surface area contributed by atoms with Gasteiger partial charge in [-0.1, -0.05) is 120 Å². The van der Waals surface area contributed by atoms with E-state index in [0.29, 0.717) is 21.9 Å². The highest BCUT2D eigenvalue weighted by molar-refractivity contribution is 8.76. The minimum Gasteiger partial charge on any atom is -0.253 e. The Bertz CT molecular complexity index is 2710. The highest BCUT2D eigenvalue weighted by atomic mass is 33.1. The van der Waals surface area contributed by atoms with Gasteiger partial charge in [0.25, 0.3) is 11.6 Å². The van der Waals surface area contributed by atoms with E-state index in [9.17, 15) is 0 Å². The summed E-state index contributed by atoms with van der Waals surface area (Å²) in [6.07, 6.45) is 0. The molecule has 0 radical (unpaired) electrons. The molecule has 250 valence electrons. The lowest BCUT2D eigenvalue weighted by Gasteiger charge is -2.10. The lowest BCUT2D eigenvalue weighted by atomic mass is 10.1. The van der Waals surface area contributed by atoms with Crippen LogP contribution in [0.3, 0.4) is 0 Å². The van der Waals surface area contributed by atoms with Gasteiger partial charge < -0.3 is 0 Å². The van der Waals surface area contributed by atoms with Crippen molar-refractivity contribution in [1.82, 2.24) is 48.4 Å². The van der Waals surface area contributed by atoms with E-state index in [0.717, 1.165) is 56.1 Å². The van der Waals surface area contributed by atoms with Gasteiger partial charge in [-0.2, -0.15) is 19.2 Å². The van der Waals surface area contributed by atoms with Gasteiger partial charge in [-0.25, -0.2) is 0 Å². The maximum absolute atomic E-state index is 4.97. The first kappa shape index (κ1) is 30.6. The van der Waals surface area contributed by atoms with E-state index < -0.39 is 0 Å². The summed E-state index contributed by atoms with van der Waals surface area (Å²) in [5.74, 6) is 1.24. The van der Waals surface area contributed by atoms with Crippen LogP contribution in [-0.4, -0.2) is 48.4 Å². The number of aromatic nitrogens is 10. The van der Waals surface area contributed by atoms with Crippen molar-refractivity contribution < 1.29 is 0 Å². The highest BCUT2D eigenvalue weighted by Gasteiger charge is 2.22. The van der Waals surface area contributed by atoms with Crippen molar-refractivity contribution in [1.29, 1.82) is 0 Å². The second kappa shape index (κ2) is 12.2. The van der Waals surface area contributed by atoms with E-state index in [1.165, 1.54) is 32.7 Å². The van der Waals surface area contributed by atoms with Gasteiger partial charge in [0.05, 0.1) is 33.8 Å². The number of hydrogen-bond acceptors (Lipinski definition) is 8. The monoisotopic (exact) mass is 712 g/mol. The first-order chi connectivity index (χ1) is 25.6. The zero-order valence-electron chi connectivity index (χ0n) is 28.0. The summed E-state index contributed by atoms with van der Waals surface area (Å²) in [7, 11) is 2.96. The molecule has 10 rings (SSSR count). The van der Waals surface area contributed by atoms with E-state index in [1.54, 1.807) is 0 Å². The molecule has 52 heavy (non-hydrogen) atoms. The van der Waals surface area contributed by atoms with Crippen molar-refractivity contribution in [3.8, 4) is 45.0 Å². The molecule has 0 aliphatic heterocycles. The number of fused-ring (bicyclic) bond motifs is 6. The van der Waals surface area contributed by atoms with Crippen LogP contribution >= 0.6 is 21.6 Å². The molecule has 0 N–H and O–H groups in total. The second-order valence-corrected chi connectivity index (χ2v) is 14.7. The Labute approximate surface area is 305 Å². The van der Waals surface area contributed by atoms with Gasteiger partial charge in [-0.3, -0.25) is 8.80 Å². The zero-order chi connectivity index (χ0) is 34.8. The largest absolute Gasteiger partial charge is 0.257 e. The minimum atomic E-state index is 0.622. The number of benzene rings is 4. The number of rotatable bonds is 7. The van der Waals surface area contributed by atoms with Gasteiger partial charge in [-0.05, 0) is 70.8 Å². The predicted octanol–water partition coefficient (Wildman–Crippen LogP) is 9.15. The molecule has 6 heterocycles. The molecule has 0 saturated carbocycles. The predicted molar refractivity (Wildman–Crippen MR) is 206 cm³/mol. The minimum absolute atomic E-state index is 0.622. The average Bonchev–Trinajstić information content (AvgIpc) is 3.99. The fourth-order valence-corrected chi connectivity index (χ4v) is 8.40. The van der Waals surface area contributed by atoms with E-state index in [4.69, 9.17) is 20.4 Å².